The van der Waals surface area contributed by atoms with Crippen LogP contribution in [0, 0.1) is 0 Å². The zero-order chi connectivity index (χ0) is 32.2. The van der Waals surface area contributed by atoms with E-state index in [1.807, 2.05) is 66.7 Å². The van der Waals surface area contributed by atoms with Gasteiger partial charge in [-0.3, -0.25) is 0 Å². The fraction of sp³-hybridized carbons (Fsp3) is 0.103. The third kappa shape index (κ3) is 6.79. The van der Waals surface area contributed by atoms with Crippen molar-refractivity contribution >= 4 is 42.6 Å². The van der Waals surface area contributed by atoms with E-state index >= 15 is 0 Å². The van der Waals surface area contributed by atoms with Crippen molar-refractivity contribution in [2.75, 3.05) is 0 Å². The van der Waals surface area contributed by atoms with Crippen LogP contribution in [0.2, 0.25) is 10.3 Å². The van der Waals surface area contributed by atoms with E-state index < -0.39 is 0 Å². The number of rotatable bonds is 11. The number of hydrogen-bond acceptors (Lipinski definition) is 6. The Balaban J connectivity index is 1.27. The van der Waals surface area contributed by atoms with Gasteiger partial charge in [0.2, 0.25) is 0 Å². The van der Waals surface area contributed by atoms with Crippen LogP contribution in [0.3, 0.4) is 0 Å². The normalized spacial score (nSPS) is 13.5. The Kier molecular flexibility index (Phi) is 9.02. The van der Waals surface area contributed by atoms with Gasteiger partial charge in [0.25, 0.3) is 0 Å². The molecule has 0 fully saturated rings. The molecule has 1 atom stereocenters. The predicted octanol–water partition coefficient (Wildman–Crippen LogP) is 7.79. The van der Waals surface area contributed by atoms with E-state index in [1.165, 1.54) is 4.46 Å². The van der Waals surface area contributed by atoms with Crippen LogP contribution in [-0.2, 0) is 13.0 Å². The summed E-state index contributed by atoms with van der Waals surface area (Å²) in [5.74, 6) is 0.868. The minimum atomic E-state index is -0.248. The topological polar surface area (TPSA) is 78.6 Å². The Morgan fingerprint density at radius 1 is 0.787 bits per heavy atom. The summed E-state index contributed by atoms with van der Waals surface area (Å²) in [6, 6.07) is 39.1. The van der Waals surface area contributed by atoms with Gasteiger partial charge in [-0.25, -0.2) is 0 Å². The van der Waals surface area contributed by atoms with Crippen LogP contribution < -0.4 is 13.9 Å². The molecule has 47 heavy (non-hydrogen) atoms. The average Bonchev–Trinajstić information content (AvgIpc) is 3.78. The van der Waals surface area contributed by atoms with Gasteiger partial charge in [-0.2, -0.15) is 0 Å². The fourth-order valence-electron chi connectivity index (χ4n) is 5.53. The van der Waals surface area contributed by atoms with Crippen molar-refractivity contribution in [2.24, 2.45) is 0 Å². The van der Waals surface area contributed by atoms with E-state index in [0.29, 0.717) is 62.2 Å². The number of halogens is 1. The zero-order valence-corrected chi connectivity index (χ0v) is 27.6. The van der Waals surface area contributed by atoms with Crippen molar-refractivity contribution in [3.8, 4) is 22.8 Å². The molecule has 1 aliphatic rings. The Bertz CT molecular complexity index is 2030. The molecule has 0 amide bonds. The first-order valence-corrected chi connectivity index (χ1v) is 17.6. The molecule has 0 bridgehead atoms. The first kappa shape index (κ1) is 30.7. The third-order valence-corrected chi connectivity index (χ3v) is 10.5. The second-order valence-electron chi connectivity index (χ2n) is 11.0. The number of ketones is 2. The Morgan fingerprint density at radius 2 is 1.40 bits per heavy atom. The summed E-state index contributed by atoms with van der Waals surface area (Å²) in [6.07, 6.45) is 0.315. The van der Waals surface area contributed by atoms with Gasteiger partial charge in [0, 0.05) is 5.02 Å². The molecular weight excluding hydrogens is 677 g/mol. The van der Waals surface area contributed by atoms with Crippen molar-refractivity contribution in [3.05, 3.63) is 166 Å². The first-order chi connectivity index (χ1) is 23.0. The molecule has 1 unspecified atom stereocenters. The molecule has 0 radical (unpaired) electrons. The summed E-state index contributed by atoms with van der Waals surface area (Å²) in [6.45, 7) is 0.0205. The Labute approximate surface area is 283 Å². The molecule has 232 valence electrons. The molecule has 1 aromatic heterocycles. The van der Waals surface area contributed by atoms with Gasteiger partial charge in [0.15, 0.2) is 0 Å². The number of ether oxygens (including phenoxy) is 2. The molecule has 0 spiro atoms. The van der Waals surface area contributed by atoms with E-state index in [1.54, 1.807) is 48.5 Å². The van der Waals surface area contributed by atoms with Crippen LogP contribution >= 0.6 is 11.6 Å². The van der Waals surface area contributed by atoms with Crippen LogP contribution in [0.15, 0.2) is 132 Å². The predicted molar refractivity (Wildman–Crippen MR) is 182 cm³/mol. The summed E-state index contributed by atoms with van der Waals surface area (Å²) in [7, 11) is 0. The summed E-state index contributed by atoms with van der Waals surface area (Å²) in [5, 5.41) is 5.63. The van der Waals surface area contributed by atoms with Crippen LogP contribution in [0.5, 0.6) is 11.5 Å². The van der Waals surface area contributed by atoms with Crippen LogP contribution in [0.1, 0.15) is 43.2 Å². The standard InChI is InChI=1S/C39H28ClNO5Se/c40-28-18-16-25(17-19-28)35-21-29(46-41-35)23-44-38-32(36(42)26-10-4-1-5-11-26)22-33(37(43)27-12-6-2-7-13-27)39-34(38)20-30(45-39)24-47-31-14-8-3-9-15-31/h1-19,21-22,30H,20,23-24H2. The number of benzene rings is 5. The van der Waals surface area contributed by atoms with Crippen molar-refractivity contribution in [2.45, 2.75) is 24.5 Å². The minimum absolute atomic E-state index is 0.0205. The van der Waals surface area contributed by atoms with Crippen LogP contribution in [0.25, 0.3) is 11.3 Å². The second kappa shape index (κ2) is 13.8. The maximum absolute atomic E-state index is 14.1. The molecule has 8 heteroatoms. The van der Waals surface area contributed by atoms with E-state index in [4.69, 9.17) is 25.6 Å². The number of carbonyl (C=O) groups is 2. The maximum atomic E-state index is 14.1. The van der Waals surface area contributed by atoms with Gasteiger partial charge in [-0.05, 0) is 12.1 Å². The van der Waals surface area contributed by atoms with Gasteiger partial charge >= 0.3 is 256 Å². The molecule has 0 aliphatic carbocycles. The summed E-state index contributed by atoms with van der Waals surface area (Å²) in [5.41, 5.74) is 3.84. The summed E-state index contributed by atoms with van der Waals surface area (Å²) in [4.78, 5) is 28.1. The van der Waals surface area contributed by atoms with Gasteiger partial charge in [-0.1, -0.05) is 11.6 Å². The van der Waals surface area contributed by atoms with Gasteiger partial charge < -0.3 is 0 Å². The van der Waals surface area contributed by atoms with Gasteiger partial charge in [0.1, 0.15) is 0 Å². The monoisotopic (exact) mass is 705 g/mol. The van der Waals surface area contributed by atoms with Crippen molar-refractivity contribution < 1.29 is 23.6 Å². The molecule has 6 aromatic rings. The molecule has 0 saturated heterocycles. The molecule has 7 rings (SSSR count). The summed E-state index contributed by atoms with van der Waals surface area (Å²) < 4.78 is 19.9. The molecule has 2 heterocycles. The SMILES string of the molecule is O=C(c1ccccc1)c1cc(C(=O)c2ccccc2)c2c(c1OCc1cc(-c3ccc(Cl)cc3)no1)CC(C[Se]c1ccccc1)O2. The Morgan fingerprint density at radius 3 is 2.06 bits per heavy atom. The third-order valence-electron chi connectivity index (χ3n) is 7.84. The number of fused-ring (bicyclic) bond motifs is 1. The van der Waals surface area contributed by atoms with Crippen molar-refractivity contribution in [3.63, 3.8) is 0 Å². The first-order valence-electron chi connectivity index (χ1n) is 15.1. The number of nitrogens with zero attached hydrogens (tertiary/aromatic N) is 1. The second-order valence-corrected chi connectivity index (χ2v) is 13.8. The quantitative estimate of drug-likeness (QED) is 0.101. The molecule has 6 nitrogen and oxygen atoms in total. The number of aromatic nitrogens is 1. The summed E-state index contributed by atoms with van der Waals surface area (Å²) >= 11 is 6.21. The fourth-order valence-corrected chi connectivity index (χ4v) is 7.58. The Hall–Kier alpha value is -4.94. The molecule has 0 N–H and O–H groups in total. The van der Waals surface area contributed by atoms with Gasteiger partial charge in [-0.15, -0.1) is 0 Å². The number of hydrogen-bond donors (Lipinski definition) is 0. The molecule has 0 saturated carbocycles. The number of carbonyl (C=O) groups excluding carboxylic acids is 2. The molecular formula is C39H28ClNO5Se. The van der Waals surface area contributed by atoms with Crippen molar-refractivity contribution in [1.29, 1.82) is 0 Å². The van der Waals surface area contributed by atoms with E-state index in [9.17, 15) is 9.59 Å². The average molecular weight is 705 g/mol. The van der Waals surface area contributed by atoms with E-state index in [2.05, 4.69) is 17.3 Å². The molecule has 1 aliphatic heterocycles. The zero-order valence-electron chi connectivity index (χ0n) is 25.1. The van der Waals surface area contributed by atoms with E-state index in [-0.39, 0.29) is 39.2 Å². The van der Waals surface area contributed by atoms with E-state index in [0.717, 1.165) is 10.9 Å². The van der Waals surface area contributed by atoms with Crippen LogP contribution in [-0.4, -0.2) is 37.8 Å². The van der Waals surface area contributed by atoms with Crippen molar-refractivity contribution in [1.82, 2.24) is 5.16 Å². The van der Waals surface area contributed by atoms with Crippen LogP contribution in [0.4, 0.5) is 0 Å². The van der Waals surface area contributed by atoms with Gasteiger partial charge in [0.05, 0.1) is 0 Å². The molecule has 5 aromatic carbocycles.